The number of nitrogens with one attached hydrogen (secondary N) is 1. The first kappa shape index (κ1) is 17.7. The first-order chi connectivity index (χ1) is 13.6. The monoisotopic (exact) mass is 373 g/mol. The number of nitro benzene ring substituents is 1. The summed E-state index contributed by atoms with van der Waals surface area (Å²) in [6, 6.07) is 15.0. The van der Waals surface area contributed by atoms with Gasteiger partial charge >= 0.3 is 0 Å². The van der Waals surface area contributed by atoms with Gasteiger partial charge in [-0.3, -0.25) is 15.1 Å². The van der Waals surface area contributed by atoms with Crippen molar-refractivity contribution < 1.29 is 4.92 Å². The van der Waals surface area contributed by atoms with Crippen LogP contribution in [0.5, 0.6) is 0 Å². The lowest BCUT2D eigenvalue weighted by molar-refractivity contribution is -0.383. The average molecular weight is 373 g/mol. The Kier molecular flexibility index (Phi) is 4.49. The predicted octanol–water partition coefficient (Wildman–Crippen LogP) is 4.56. The van der Waals surface area contributed by atoms with E-state index in [0.29, 0.717) is 11.9 Å². The lowest BCUT2D eigenvalue weighted by Gasteiger charge is -2.11. The molecule has 140 valence electrons. The second-order valence-corrected chi connectivity index (χ2v) is 6.56. The minimum absolute atomic E-state index is 0.0536. The number of aromatic nitrogens is 3. The molecule has 4 rings (SSSR count). The number of hydrogen-bond acceptors (Lipinski definition) is 5. The van der Waals surface area contributed by atoms with E-state index in [-0.39, 0.29) is 10.6 Å². The smallest absolute Gasteiger partial charge is 0.278 e. The topological polar surface area (TPSA) is 85.9 Å². The normalized spacial score (nSPS) is 10.9. The van der Waals surface area contributed by atoms with E-state index in [9.17, 15) is 10.1 Å². The lowest BCUT2D eigenvalue weighted by atomic mass is 10.1. The van der Waals surface area contributed by atoms with Gasteiger partial charge in [0.1, 0.15) is 0 Å². The van der Waals surface area contributed by atoms with E-state index < -0.39 is 0 Å². The minimum Gasteiger partial charge on any atom is -0.380 e. The van der Waals surface area contributed by atoms with Crippen LogP contribution >= 0.6 is 0 Å². The highest BCUT2D eigenvalue weighted by atomic mass is 16.6. The Hall–Kier alpha value is -3.74. The van der Waals surface area contributed by atoms with Crippen LogP contribution in [0.25, 0.3) is 16.5 Å². The van der Waals surface area contributed by atoms with Crippen molar-refractivity contribution in [1.82, 2.24) is 14.8 Å². The van der Waals surface area contributed by atoms with Gasteiger partial charge in [0.05, 0.1) is 21.7 Å². The van der Waals surface area contributed by atoms with Crippen LogP contribution in [0.1, 0.15) is 17.0 Å². The van der Waals surface area contributed by atoms with Crippen LogP contribution in [0.15, 0.2) is 60.9 Å². The fourth-order valence-electron chi connectivity index (χ4n) is 3.42. The highest BCUT2D eigenvalue weighted by Gasteiger charge is 2.16. The zero-order chi connectivity index (χ0) is 19.7. The molecule has 2 heterocycles. The summed E-state index contributed by atoms with van der Waals surface area (Å²) in [4.78, 5) is 14.9. The first-order valence-electron chi connectivity index (χ1n) is 8.92. The number of aryl methyl sites for hydroxylation is 1. The number of nitrogens with zero attached hydrogens (tertiary/aromatic N) is 4. The molecule has 4 aromatic rings. The van der Waals surface area contributed by atoms with Gasteiger partial charge in [-0.05, 0) is 38.1 Å². The quantitative estimate of drug-likeness (QED) is 0.409. The van der Waals surface area contributed by atoms with Crippen molar-refractivity contribution in [2.45, 2.75) is 20.4 Å². The first-order valence-corrected chi connectivity index (χ1v) is 8.92. The van der Waals surface area contributed by atoms with Gasteiger partial charge in [-0.15, -0.1) is 0 Å². The fourth-order valence-corrected chi connectivity index (χ4v) is 3.42. The van der Waals surface area contributed by atoms with Crippen LogP contribution in [0.3, 0.4) is 0 Å². The number of non-ortho nitro benzene ring substituents is 1. The molecular formula is C21H19N5O2. The van der Waals surface area contributed by atoms with Crippen LogP contribution in [-0.4, -0.2) is 19.7 Å². The highest BCUT2D eigenvalue weighted by Crippen LogP contribution is 2.31. The molecule has 0 saturated carbocycles. The van der Waals surface area contributed by atoms with Gasteiger partial charge in [-0.25, -0.2) is 4.68 Å². The molecule has 0 saturated heterocycles. The summed E-state index contributed by atoms with van der Waals surface area (Å²) < 4.78 is 1.93. The Morgan fingerprint density at radius 2 is 1.86 bits per heavy atom. The Bertz CT molecular complexity index is 1170. The van der Waals surface area contributed by atoms with E-state index >= 15 is 0 Å². The van der Waals surface area contributed by atoms with Crippen molar-refractivity contribution in [3.8, 4) is 5.69 Å². The van der Waals surface area contributed by atoms with Crippen LogP contribution in [0.4, 0.5) is 11.4 Å². The van der Waals surface area contributed by atoms with Crippen LogP contribution in [-0.2, 0) is 6.54 Å². The molecule has 0 aliphatic heterocycles. The fraction of sp³-hybridized carbons (Fsp3) is 0.143. The van der Waals surface area contributed by atoms with Crippen molar-refractivity contribution >= 4 is 22.1 Å². The maximum atomic E-state index is 11.3. The van der Waals surface area contributed by atoms with Gasteiger partial charge in [0.2, 0.25) is 0 Å². The van der Waals surface area contributed by atoms with E-state index in [1.165, 1.54) is 12.3 Å². The molecule has 7 heteroatoms. The summed E-state index contributed by atoms with van der Waals surface area (Å²) in [6.45, 7) is 4.60. The summed E-state index contributed by atoms with van der Waals surface area (Å²) in [6.07, 6.45) is 3.17. The number of para-hydroxylation sites is 1. The number of benzene rings is 2. The second kappa shape index (κ2) is 7.11. The molecule has 2 aromatic carbocycles. The van der Waals surface area contributed by atoms with Crippen LogP contribution < -0.4 is 5.32 Å². The summed E-state index contributed by atoms with van der Waals surface area (Å²) in [7, 11) is 0. The SMILES string of the molecule is Cc1nn(-c2ccccc2)c(C)c1CNc1ccc([N+](=O)[O-])c2cnccc12. The number of rotatable bonds is 5. The zero-order valence-electron chi connectivity index (χ0n) is 15.6. The highest BCUT2D eigenvalue weighted by molar-refractivity contribution is 5.99. The molecule has 1 N–H and O–H groups in total. The van der Waals surface area contributed by atoms with E-state index in [0.717, 1.165) is 33.7 Å². The molecule has 0 atom stereocenters. The van der Waals surface area contributed by atoms with Crippen LogP contribution in [0.2, 0.25) is 0 Å². The Labute approximate surface area is 161 Å². The van der Waals surface area contributed by atoms with Crippen molar-refractivity contribution in [2.24, 2.45) is 0 Å². The lowest BCUT2D eigenvalue weighted by Crippen LogP contribution is -2.04. The zero-order valence-corrected chi connectivity index (χ0v) is 15.6. The third-order valence-corrected chi connectivity index (χ3v) is 4.89. The maximum Gasteiger partial charge on any atom is 0.278 e. The third kappa shape index (κ3) is 3.07. The molecule has 2 aromatic heterocycles. The molecule has 0 fully saturated rings. The molecule has 7 nitrogen and oxygen atoms in total. The standard InChI is InChI=1S/C21H19N5O2/c1-14-18(15(2)25(24-14)16-6-4-3-5-7-16)13-23-20-8-9-21(26(27)28)19-12-22-11-10-17(19)20/h3-12,23H,13H2,1-2H3. The Balaban J connectivity index is 1.67. The largest absolute Gasteiger partial charge is 0.380 e. The van der Waals surface area contributed by atoms with Gasteiger partial charge in [-0.1, -0.05) is 18.2 Å². The predicted molar refractivity (Wildman–Crippen MR) is 109 cm³/mol. The van der Waals surface area contributed by atoms with Gasteiger partial charge in [0, 0.05) is 47.3 Å². The van der Waals surface area contributed by atoms with Crippen LogP contribution in [0, 0.1) is 24.0 Å². The van der Waals surface area contributed by atoms with E-state index in [2.05, 4.69) is 15.4 Å². The van der Waals surface area contributed by atoms with Gasteiger partial charge in [0.25, 0.3) is 5.69 Å². The number of pyridine rings is 1. The minimum atomic E-state index is -0.383. The molecule has 0 unspecified atom stereocenters. The van der Waals surface area contributed by atoms with Crippen molar-refractivity contribution in [1.29, 1.82) is 0 Å². The third-order valence-electron chi connectivity index (χ3n) is 4.89. The number of fused-ring (bicyclic) bond motifs is 1. The van der Waals surface area contributed by atoms with E-state index in [1.54, 1.807) is 18.3 Å². The van der Waals surface area contributed by atoms with Crippen molar-refractivity contribution in [3.05, 3.63) is 88.0 Å². The number of anilines is 1. The molecule has 0 aliphatic rings. The van der Waals surface area contributed by atoms with E-state index in [1.807, 2.05) is 48.9 Å². The maximum absolute atomic E-state index is 11.3. The molecule has 0 aliphatic carbocycles. The van der Waals surface area contributed by atoms with Gasteiger partial charge in [-0.2, -0.15) is 5.10 Å². The summed E-state index contributed by atoms with van der Waals surface area (Å²) in [5, 5.41) is 20.7. The van der Waals surface area contributed by atoms with E-state index in [4.69, 9.17) is 0 Å². The molecule has 28 heavy (non-hydrogen) atoms. The Morgan fingerprint density at radius 1 is 1.07 bits per heavy atom. The molecule has 0 amide bonds. The Morgan fingerprint density at radius 3 is 2.61 bits per heavy atom. The van der Waals surface area contributed by atoms with Gasteiger partial charge < -0.3 is 5.32 Å². The molecular weight excluding hydrogens is 354 g/mol. The second-order valence-electron chi connectivity index (χ2n) is 6.56. The van der Waals surface area contributed by atoms with Gasteiger partial charge in [0.15, 0.2) is 0 Å². The molecule has 0 spiro atoms. The number of hydrogen-bond donors (Lipinski definition) is 1. The van der Waals surface area contributed by atoms with Crippen molar-refractivity contribution in [2.75, 3.05) is 5.32 Å². The average Bonchev–Trinajstić information content (AvgIpc) is 3.00. The van der Waals surface area contributed by atoms with Crippen molar-refractivity contribution in [3.63, 3.8) is 0 Å². The number of nitro groups is 1. The molecule has 0 bridgehead atoms. The summed E-state index contributed by atoms with van der Waals surface area (Å²) in [5.41, 5.74) is 5.00. The summed E-state index contributed by atoms with van der Waals surface area (Å²) >= 11 is 0. The summed E-state index contributed by atoms with van der Waals surface area (Å²) in [5.74, 6) is 0. The molecule has 0 radical (unpaired) electrons.